The number of hydrogen-bond acceptors (Lipinski definition) is 6. The maximum absolute atomic E-state index is 12.4. The van der Waals surface area contributed by atoms with Crippen LogP contribution in [0.3, 0.4) is 0 Å². The van der Waals surface area contributed by atoms with Gasteiger partial charge in [0.15, 0.2) is 0 Å². The largest absolute Gasteiger partial charge is 0.478 e. The Morgan fingerprint density at radius 1 is 1.35 bits per heavy atom. The van der Waals surface area contributed by atoms with Crippen LogP contribution < -0.4 is 4.74 Å². The van der Waals surface area contributed by atoms with Gasteiger partial charge in [-0.2, -0.15) is 0 Å². The minimum atomic E-state index is -0.126. The number of hydrogen-bond donors (Lipinski definition) is 0. The molecule has 0 unspecified atom stereocenters. The van der Waals surface area contributed by atoms with Crippen LogP contribution in [0.2, 0.25) is 0 Å². The molecule has 2 saturated heterocycles. The molecule has 0 aromatic carbocycles. The first kappa shape index (κ1) is 17.0. The lowest BCUT2D eigenvalue weighted by Crippen LogP contribution is -2.49. The summed E-state index contributed by atoms with van der Waals surface area (Å²) in [5.41, 5.74) is 0.382. The van der Waals surface area contributed by atoms with Crippen LogP contribution in [-0.2, 0) is 4.74 Å². The van der Waals surface area contributed by atoms with Crippen LogP contribution in [0.5, 0.6) is 5.88 Å². The number of aromatic nitrogens is 2. The molecule has 2 aromatic rings. The van der Waals surface area contributed by atoms with Crippen molar-refractivity contribution in [2.24, 2.45) is 5.92 Å². The van der Waals surface area contributed by atoms with Crippen molar-refractivity contribution in [2.45, 2.75) is 31.3 Å². The minimum Gasteiger partial charge on any atom is -0.478 e. The normalized spacial score (nSPS) is 21.8. The second-order valence-electron chi connectivity index (χ2n) is 6.91. The predicted octanol–water partition coefficient (Wildman–Crippen LogP) is 2.55. The van der Waals surface area contributed by atoms with Gasteiger partial charge in [-0.3, -0.25) is 4.79 Å². The Morgan fingerprint density at radius 2 is 2.23 bits per heavy atom. The number of likely N-dealkylation sites (tertiary alicyclic amines) is 1. The van der Waals surface area contributed by atoms with Crippen LogP contribution in [0.15, 0.2) is 41.4 Å². The molecule has 2 aliphatic rings. The molecular formula is C19H23N3O4. The molecule has 26 heavy (non-hydrogen) atoms. The van der Waals surface area contributed by atoms with Crippen LogP contribution in [-0.4, -0.2) is 52.9 Å². The summed E-state index contributed by atoms with van der Waals surface area (Å²) < 4.78 is 16.7. The lowest BCUT2D eigenvalue weighted by molar-refractivity contribution is -0.0649. The first-order chi connectivity index (χ1) is 12.8. The molecule has 2 fully saturated rings. The average molecular weight is 357 g/mol. The lowest BCUT2D eigenvalue weighted by Gasteiger charge is -2.42. The lowest BCUT2D eigenvalue weighted by atomic mass is 9.78. The fourth-order valence-electron chi connectivity index (χ4n) is 4.06. The molecule has 4 rings (SSSR count). The summed E-state index contributed by atoms with van der Waals surface area (Å²) in [6.45, 7) is 2.81. The Kier molecular flexibility index (Phi) is 4.88. The van der Waals surface area contributed by atoms with Crippen molar-refractivity contribution < 1.29 is 18.8 Å². The van der Waals surface area contributed by atoms with Gasteiger partial charge in [0, 0.05) is 32.0 Å². The summed E-state index contributed by atoms with van der Waals surface area (Å²) in [7, 11) is 0. The third-order valence-electron chi connectivity index (χ3n) is 5.53. The van der Waals surface area contributed by atoms with Crippen LogP contribution in [0.1, 0.15) is 36.0 Å². The zero-order valence-corrected chi connectivity index (χ0v) is 14.7. The van der Waals surface area contributed by atoms with Crippen LogP contribution in [0, 0.1) is 5.92 Å². The highest BCUT2D eigenvalue weighted by Crippen LogP contribution is 2.42. The van der Waals surface area contributed by atoms with Gasteiger partial charge in [0.25, 0.3) is 5.91 Å². The van der Waals surface area contributed by atoms with Gasteiger partial charge in [0.05, 0.1) is 24.0 Å². The van der Waals surface area contributed by atoms with Crippen LogP contribution in [0.25, 0.3) is 0 Å². The smallest absolute Gasteiger partial charge is 0.258 e. The van der Waals surface area contributed by atoms with E-state index in [1.165, 1.54) is 12.5 Å². The zero-order chi connectivity index (χ0) is 17.8. The molecule has 0 aliphatic carbocycles. The Morgan fingerprint density at radius 3 is 2.96 bits per heavy atom. The predicted molar refractivity (Wildman–Crippen MR) is 92.8 cm³/mol. The van der Waals surface area contributed by atoms with E-state index in [0.717, 1.165) is 32.3 Å². The monoisotopic (exact) mass is 357 g/mol. The molecule has 7 nitrogen and oxygen atoms in total. The molecule has 1 spiro atoms. The van der Waals surface area contributed by atoms with Gasteiger partial charge in [-0.05, 0) is 37.7 Å². The fourth-order valence-corrected chi connectivity index (χ4v) is 4.06. The Labute approximate surface area is 152 Å². The zero-order valence-electron chi connectivity index (χ0n) is 14.7. The summed E-state index contributed by atoms with van der Waals surface area (Å²) >= 11 is 0. The molecule has 1 atom stereocenters. The minimum absolute atomic E-state index is 0.0193. The average Bonchev–Trinajstić information content (AvgIpc) is 3.34. The summed E-state index contributed by atoms with van der Waals surface area (Å²) in [4.78, 5) is 18.5. The first-order valence-electron chi connectivity index (χ1n) is 9.13. The molecule has 0 radical (unpaired) electrons. The molecule has 2 aliphatic heterocycles. The third-order valence-corrected chi connectivity index (χ3v) is 5.53. The highest BCUT2D eigenvalue weighted by Gasteiger charge is 2.46. The maximum Gasteiger partial charge on any atom is 0.258 e. The molecule has 1 amide bonds. The molecule has 138 valence electrons. The van der Waals surface area contributed by atoms with Crippen molar-refractivity contribution in [2.75, 3.05) is 26.3 Å². The van der Waals surface area contributed by atoms with Crippen LogP contribution in [0.4, 0.5) is 0 Å². The van der Waals surface area contributed by atoms with E-state index < -0.39 is 0 Å². The van der Waals surface area contributed by atoms with Crippen molar-refractivity contribution in [1.82, 2.24) is 15.0 Å². The molecule has 4 heterocycles. The Hall–Kier alpha value is -2.41. The van der Waals surface area contributed by atoms with E-state index in [4.69, 9.17) is 14.0 Å². The Bertz CT molecular complexity index is 712. The number of pyridine rings is 1. The van der Waals surface area contributed by atoms with E-state index in [1.54, 1.807) is 6.20 Å². The van der Waals surface area contributed by atoms with E-state index >= 15 is 0 Å². The van der Waals surface area contributed by atoms with Crippen molar-refractivity contribution >= 4 is 5.91 Å². The highest BCUT2D eigenvalue weighted by molar-refractivity contribution is 5.93. The Balaban J connectivity index is 1.31. The van der Waals surface area contributed by atoms with E-state index in [0.29, 0.717) is 37.1 Å². The summed E-state index contributed by atoms with van der Waals surface area (Å²) in [5.74, 6) is 1.10. The third kappa shape index (κ3) is 3.44. The van der Waals surface area contributed by atoms with Crippen molar-refractivity contribution in [3.63, 3.8) is 0 Å². The summed E-state index contributed by atoms with van der Waals surface area (Å²) in [5, 5.41) is 3.61. The molecule has 0 bridgehead atoms. The van der Waals surface area contributed by atoms with Crippen molar-refractivity contribution in [1.29, 1.82) is 0 Å². The van der Waals surface area contributed by atoms with Gasteiger partial charge in [-0.25, -0.2) is 4.98 Å². The number of piperidine rings is 1. The van der Waals surface area contributed by atoms with Gasteiger partial charge in [-0.1, -0.05) is 11.2 Å². The summed E-state index contributed by atoms with van der Waals surface area (Å²) in [6, 6.07) is 5.67. The number of ether oxygens (including phenoxy) is 2. The standard InChI is InChI=1S/C19H23N3O4/c23-18(15-13-21-26-14-15)22-9-6-19(7-10-22)16(5-12-25-19)4-11-24-17-3-1-2-8-20-17/h1-3,8,13-14,16H,4-7,9-12H2/t16-/m0/s1. The van der Waals surface area contributed by atoms with E-state index in [9.17, 15) is 4.79 Å². The topological polar surface area (TPSA) is 77.7 Å². The number of carbonyl (C=O) groups excluding carboxylic acids is 1. The fraction of sp³-hybridized carbons (Fsp3) is 0.526. The molecule has 7 heteroatoms. The van der Waals surface area contributed by atoms with Crippen molar-refractivity contribution in [3.05, 3.63) is 42.4 Å². The molecular weight excluding hydrogens is 334 g/mol. The second kappa shape index (κ2) is 7.45. The van der Waals surface area contributed by atoms with E-state index in [2.05, 4.69) is 10.1 Å². The number of nitrogens with zero attached hydrogens (tertiary/aromatic N) is 3. The van der Waals surface area contributed by atoms with Crippen LogP contribution >= 0.6 is 0 Å². The SMILES string of the molecule is O=C(c1cnoc1)N1CCC2(CC1)OCC[C@@H]2CCOc1ccccn1. The van der Waals surface area contributed by atoms with Gasteiger partial charge >= 0.3 is 0 Å². The van der Waals surface area contributed by atoms with Gasteiger partial charge in [-0.15, -0.1) is 0 Å². The van der Waals surface area contributed by atoms with Gasteiger partial charge in [0.1, 0.15) is 6.26 Å². The number of rotatable bonds is 5. The number of amides is 1. The summed E-state index contributed by atoms with van der Waals surface area (Å²) in [6.07, 6.45) is 8.31. The van der Waals surface area contributed by atoms with E-state index in [1.807, 2.05) is 23.1 Å². The van der Waals surface area contributed by atoms with E-state index in [-0.39, 0.29) is 11.5 Å². The first-order valence-corrected chi connectivity index (χ1v) is 9.13. The quantitative estimate of drug-likeness (QED) is 0.818. The maximum atomic E-state index is 12.4. The number of carbonyl (C=O) groups is 1. The van der Waals surface area contributed by atoms with Gasteiger partial charge in [0.2, 0.25) is 5.88 Å². The van der Waals surface area contributed by atoms with Gasteiger partial charge < -0.3 is 18.9 Å². The van der Waals surface area contributed by atoms with Crippen molar-refractivity contribution in [3.8, 4) is 5.88 Å². The molecule has 2 aromatic heterocycles. The molecule has 0 N–H and O–H groups in total. The highest BCUT2D eigenvalue weighted by atomic mass is 16.5. The second-order valence-corrected chi connectivity index (χ2v) is 6.91. The molecule has 0 saturated carbocycles.